The fourth-order valence-corrected chi connectivity index (χ4v) is 2.53. The SMILES string of the molecule is COC(=O)c1ccccc1NC(=O)c1c(C)oc2ncn(C)c(=O)c12. The standard InChI is InChI=1S/C17H15N3O5/c1-9-12(13-15(25-9)18-8-20(2)16(13)22)14(21)19-11-7-5-4-6-10(11)17(23)24-3/h4-8H,1-3H3,(H,19,21). The Kier molecular flexibility index (Phi) is 4.10. The van der Waals surface area contributed by atoms with Gasteiger partial charge in [0.05, 0.1) is 23.9 Å². The largest absolute Gasteiger partial charge is 0.465 e. The van der Waals surface area contributed by atoms with Gasteiger partial charge in [-0.15, -0.1) is 0 Å². The zero-order chi connectivity index (χ0) is 18.1. The highest BCUT2D eigenvalue weighted by atomic mass is 16.5. The van der Waals surface area contributed by atoms with Crippen LogP contribution >= 0.6 is 0 Å². The minimum atomic E-state index is -0.581. The lowest BCUT2D eigenvalue weighted by Crippen LogP contribution is -2.21. The maximum atomic E-state index is 12.7. The number of furan rings is 1. The molecule has 128 valence electrons. The van der Waals surface area contributed by atoms with E-state index in [2.05, 4.69) is 10.3 Å². The average Bonchev–Trinajstić information content (AvgIpc) is 2.95. The highest BCUT2D eigenvalue weighted by Crippen LogP contribution is 2.23. The van der Waals surface area contributed by atoms with Gasteiger partial charge < -0.3 is 19.0 Å². The van der Waals surface area contributed by atoms with Crippen molar-refractivity contribution in [2.45, 2.75) is 6.92 Å². The van der Waals surface area contributed by atoms with Crippen LogP contribution in [0.2, 0.25) is 0 Å². The van der Waals surface area contributed by atoms with Gasteiger partial charge in [-0.1, -0.05) is 12.1 Å². The van der Waals surface area contributed by atoms with Gasteiger partial charge in [0.1, 0.15) is 17.5 Å². The Balaban J connectivity index is 2.08. The number of para-hydroxylation sites is 1. The normalized spacial score (nSPS) is 10.7. The van der Waals surface area contributed by atoms with Crippen molar-refractivity contribution in [2.75, 3.05) is 12.4 Å². The first-order chi connectivity index (χ1) is 11.9. The van der Waals surface area contributed by atoms with Crippen molar-refractivity contribution in [3.63, 3.8) is 0 Å². The molecule has 0 fully saturated rings. The molecule has 0 aliphatic carbocycles. The van der Waals surface area contributed by atoms with Crippen molar-refractivity contribution >= 4 is 28.7 Å². The van der Waals surface area contributed by atoms with Crippen molar-refractivity contribution in [1.29, 1.82) is 0 Å². The Hall–Kier alpha value is -3.42. The number of methoxy groups -OCH3 is 1. The lowest BCUT2D eigenvalue weighted by molar-refractivity contribution is 0.0602. The quantitative estimate of drug-likeness (QED) is 0.730. The molecule has 8 nitrogen and oxygen atoms in total. The Morgan fingerprint density at radius 3 is 2.72 bits per heavy atom. The zero-order valence-electron chi connectivity index (χ0n) is 13.8. The van der Waals surface area contributed by atoms with Crippen LogP contribution in [0.1, 0.15) is 26.5 Å². The third kappa shape index (κ3) is 2.78. The Labute approximate surface area is 142 Å². The summed E-state index contributed by atoms with van der Waals surface area (Å²) in [4.78, 5) is 40.9. The van der Waals surface area contributed by atoms with Crippen LogP contribution in [0.15, 0.2) is 39.8 Å². The van der Waals surface area contributed by atoms with Crippen LogP contribution in [-0.2, 0) is 11.8 Å². The number of esters is 1. The fourth-order valence-electron chi connectivity index (χ4n) is 2.53. The lowest BCUT2D eigenvalue weighted by atomic mass is 10.1. The average molecular weight is 341 g/mol. The minimum absolute atomic E-state index is 0.0865. The molecule has 0 unspecified atom stereocenters. The summed E-state index contributed by atoms with van der Waals surface area (Å²) in [5, 5.41) is 2.73. The number of hydrogen-bond acceptors (Lipinski definition) is 6. The molecule has 8 heteroatoms. The molecule has 3 aromatic rings. The van der Waals surface area contributed by atoms with E-state index in [0.717, 1.165) is 0 Å². The van der Waals surface area contributed by atoms with Crippen LogP contribution in [-0.4, -0.2) is 28.5 Å². The van der Waals surface area contributed by atoms with Crippen LogP contribution in [0.5, 0.6) is 0 Å². The van der Waals surface area contributed by atoms with Gasteiger partial charge in [0.15, 0.2) is 0 Å². The number of anilines is 1. The number of fused-ring (bicyclic) bond motifs is 1. The van der Waals surface area contributed by atoms with Crippen LogP contribution in [0.4, 0.5) is 5.69 Å². The van der Waals surface area contributed by atoms with Crippen LogP contribution in [0.3, 0.4) is 0 Å². The molecule has 0 bridgehead atoms. The number of amides is 1. The smallest absolute Gasteiger partial charge is 0.339 e. The number of carbonyl (C=O) groups is 2. The van der Waals surface area contributed by atoms with Crippen molar-refractivity contribution in [2.24, 2.45) is 7.05 Å². The summed E-state index contributed by atoms with van der Waals surface area (Å²) in [5.41, 5.74) is 0.257. The van der Waals surface area contributed by atoms with Crippen LogP contribution in [0.25, 0.3) is 11.1 Å². The maximum Gasteiger partial charge on any atom is 0.339 e. The number of benzene rings is 1. The van der Waals surface area contributed by atoms with E-state index in [1.807, 2.05) is 0 Å². The van der Waals surface area contributed by atoms with Crippen molar-refractivity contribution in [3.8, 4) is 0 Å². The molecule has 0 saturated heterocycles. The van der Waals surface area contributed by atoms with Gasteiger partial charge in [0.25, 0.3) is 11.5 Å². The summed E-state index contributed by atoms with van der Waals surface area (Å²) < 4.78 is 11.4. The van der Waals surface area contributed by atoms with E-state index < -0.39 is 17.4 Å². The number of nitrogens with one attached hydrogen (secondary N) is 1. The number of ether oxygens (including phenoxy) is 1. The van der Waals surface area contributed by atoms with Gasteiger partial charge >= 0.3 is 5.97 Å². The molecule has 1 aromatic carbocycles. The third-order valence-corrected chi connectivity index (χ3v) is 3.76. The first-order valence-electron chi connectivity index (χ1n) is 7.37. The van der Waals surface area contributed by atoms with Gasteiger partial charge in [-0.05, 0) is 19.1 Å². The molecular formula is C17H15N3O5. The van der Waals surface area contributed by atoms with Gasteiger partial charge in [0, 0.05) is 7.05 Å². The molecule has 3 rings (SSSR count). The second-order valence-corrected chi connectivity index (χ2v) is 5.37. The second kappa shape index (κ2) is 6.23. The van der Waals surface area contributed by atoms with E-state index in [1.54, 1.807) is 25.1 Å². The number of carbonyl (C=O) groups excluding carboxylic acids is 2. The van der Waals surface area contributed by atoms with E-state index in [9.17, 15) is 14.4 Å². The van der Waals surface area contributed by atoms with Gasteiger partial charge in [-0.25, -0.2) is 9.78 Å². The fraction of sp³-hybridized carbons (Fsp3) is 0.176. The third-order valence-electron chi connectivity index (χ3n) is 3.76. The topological polar surface area (TPSA) is 103 Å². The van der Waals surface area contributed by atoms with E-state index >= 15 is 0 Å². The summed E-state index contributed by atoms with van der Waals surface area (Å²) in [6.07, 6.45) is 1.32. The molecule has 0 radical (unpaired) electrons. The molecular weight excluding hydrogens is 326 g/mol. The van der Waals surface area contributed by atoms with Crippen molar-refractivity contribution < 1.29 is 18.7 Å². The monoisotopic (exact) mass is 341 g/mol. The summed E-state index contributed by atoms with van der Waals surface area (Å²) in [6.45, 7) is 1.57. The predicted octanol–water partition coefficient (Wildman–Crippen LogP) is 1.87. The maximum absolute atomic E-state index is 12.7. The Morgan fingerprint density at radius 1 is 1.28 bits per heavy atom. The van der Waals surface area contributed by atoms with Crippen LogP contribution < -0.4 is 10.9 Å². The molecule has 1 amide bonds. The zero-order valence-corrected chi connectivity index (χ0v) is 13.8. The van der Waals surface area contributed by atoms with Gasteiger partial charge in [-0.2, -0.15) is 0 Å². The first-order valence-corrected chi connectivity index (χ1v) is 7.37. The molecule has 0 spiro atoms. The van der Waals surface area contributed by atoms with E-state index in [1.165, 1.54) is 31.1 Å². The number of rotatable bonds is 3. The Bertz CT molecular complexity index is 1050. The molecule has 1 N–H and O–H groups in total. The van der Waals surface area contributed by atoms with E-state index in [4.69, 9.17) is 9.15 Å². The number of aryl methyl sites for hydroxylation is 2. The summed E-state index contributed by atoms with van der Waals surface area (Å²) >= 11 is 0. The Morgan fingerprint density at radius 2 is 2.00 bits per heavy atom. The molecule has 0 aliphatic heterocycles. The van der Waals surface area contributed by atoms with Crippen LogP contribution in [0, 0.1) is 6.92 Å². The number of aromatic nitrogens is 2. The summed E-state index contributed by atoms with van der Waals surface area (Å²) in [6, 6.07) is 6.42. The number of hydrogen-bond donors (Lipinski definition) is 1. The highest BCUT2D eigenvalue weighted by molar-refractivity contribution is 6.14. The first kappa shape index (κ1) is 16.4. The molecule has 0 aliphatic rings. The minimum Gasteiger partial charge on any atom is -0.465 e. The predicted molar refractivity (Wildman–Crippen MR) is 89.7 cm³/mol. The van der Waals surface area contributed by atoms with Gasteiger partial charge in [-0.3, -0.25) is 9.59 Å². The molecule has 25 heavy (non-hydrogen) atoms. The van der Waals surface area contributed by atoms with E-state index in [-0.39, 0.29) is 33.7 Å². The van der Waals surface area contributed by atoms with Gasteiger partial charge in [0.2, 0.25) is 5.71 Å². The van der Waals surface area contributed by atoms with E-state index in [0.29, 0.717) is 0 Å². The lowest BCUT2D eigenvalue weighted by Gasteiger charge is -2.09. The molecule has 2 aromatic heterocycles. The number of nitrogens with zero attached hydrogens (tertiary/aromatic N) is 2. The van der Waals surface area contributed by atoms with Crippen molar-refractivity contribution in [3.05, 3.63) is 57.8 Å². The second-order valence-electron chi connectivity index (χ2n) is 5.37. The highest BCUT2D eigenvalue weighted by Gasteiger charge is 2.23. The molecule has 0 saturated carbocycles. The molecule has 0 atom stereocenters. The molecule has 2 heterocycles. The summed E-state index contributed by atoms with van der Waals surface area (Å²) in [7, 11) is 2.79. The van der Waals surface area contributed by atoms with Crippen molar-refractivity contribution in [1.82, 2.24) is 9.55 Å². The summed E-state index contributed by atoms with van der Waals surface area (Å²) in [5.74, 6) is -0.890.